The van der Waals surface area contributed by atoms with E-state index in [1.165, 1.54) is 22.4 Å². The summed E-state index contributed by atoms with van der Waals surface area (Å²) in [5.74, 6) is 0. The van der Waals surface area contributed by atoms with Crippen molar-refractivity contribution < 1.29 is 4.74 Å². The van der Waals surface area contributed by atoms with E-state index in [-0.39, 0.29) is 5.41 Å². The van der Waals surface area contributed by atoms with Crippen LogP contribution in [0.25, 0.3) is 5.70 Å². The third-order valence-electron chi connectivity index (χ3n) is 6.59. The van der Waals surface area contributed by atoms with Crippen LogP contribution in [0.2, 0.25) is 0 Å². The Hall–Kier alpha value is -2.48. The molecule has 2 nitrogen and oxygen atoms in total. The second-order valence-corrected chi connectivity index (χ2v) is 8.09. The average Bonchev–Trinajstić information content (AvgIpc) is 3.05. The van der Waals surface area contributed by atoms with Crippen molar-refractivity contribution in [3.8, 4) is 0 Å². The van der Waals surface area contributed by atoms with Gasteiger partial charge in [-0.25, -0.2) is 0 Å². The Kier molecular flexibility index (Phi) is 5.80. The number of rotatable bonds is 7. The zero-order valence-corrected chi connectivity index (χ0v) is 18.0. The summed E-state index contributed by atoms with van der Waals surface area (Å²) in [4.78, 5) is 2.70. The Bertz CT molecular complexity index is 898. The Morgan fingerprint density at radius 3 is 2.48 bits per heavy atom. The van der Waals surface area contributed by atoms with Gasteiger partial charge < -0.3 is 9.64 Å². The van der Waals surface area contributed by atoms with E-state index in [1.807, 2.05) is 6.26 Å². The number of fused-ring (bicyclic) bond motifs is 2. The molecule has 0 radical (unpaired) electrons. The third kappa shape index (κ3) is 3.19. The van der Waals surface area contributed by atoms with E-state index < -0.39 is 0 Å². The fourth-order valence-electron chi connectivity index (χ4n) is 5.53. The molecule has 0 unspecified atom stereocenters. The van der Waals surface area contributed by atoms with Crippen molar-refractivity contribution >= 4 is 5.70 Å². The van der Waals surface area contributed by atoms with E-state index >= 15 is 0 Å². The maximum Gasteiger partial charge on any atom is 0.0845 e. The lowest BCUT2D eigenvalue weighted by molar-refractivity contribution is 0.239. The normalized spacial score (nSPS) is 23.4. The Balaban J connectivity index is 1.99. The molecule has 152 valence electrons. The first kappa shape index (κ1) is 19.8. The van der Waals surface area contributed by atoms with Gasteiger partial charge in [-0.2, -0.15) is 0 Å². The Morgan fingerprint density at radius 2 is 1.76 bits per heavy atom. The molecule has 1 heterocycles. The van der Waals surface area contributed by atoms with Gasteiger partial charge in [-0.15, -0.1) is 0 Å². The maximum atomic E-state index is 5.76. The van der Waals surface area contributed by atoms with Gasteiger partial charge in [-0.3, -0.25) is 0 Å². The number of aryl methyl sites for hydroxylation is 1. The molecule has 4 rings (SSSR count). The Morgan fingerprint density at radius 1 is 1.00 bits per heavy atom. The zero-order valence-electron chi connectivity index (χ0n) is 18.0. The molecule has 2 aromatic carbocycles. The van der Waals surface area contributed by atoms with Gasteiger partial charge in [0.05, 0.1) is 18.3 Å². The minimum Gasteiger partial charge on any atom is -0.502 e. The van der Waals surface area contributed by atoms with Crippen molar-refractivity contribution in [3.63, 3.8) is 0 Å². The zero-order chi connectivity index (χ0) is 20.3. The van der Waals surface area contributed by atoms with E-state index in [2.05, 4.69) is 86.3 Å². The molecule has 1 aliphatic carbocycles. The quantitative estimate of drug-likeness (QED) is 0.514. The third-order valence-corrected chi connectivity index (χ3v) is 6.59. The SMILES string of the molecule is CCCN1C2=C(CCc3ccccc32)[C@@](/C=C/OCC)(c2ccccc2)[C@H]1CC. The van der Waals surface area contributed by atoms with Crippen molar-refractivity contribution in [2.75, 3.05) is 13.2 Å². The first-order valence-electron chi connectivity index (χ1n) is 11.2. The lowest BCUT2D eigenvalue weighted by Gasteiger charge is -2.39. The number of hydrogen-bond donors (Lipinski definition) is 0. The largest absolute Gasteiger partial charge is 0.502 e. The molecule has 2 aliphatic rings. The molecule has 2 atom stereocenters. The molecule has 1 aliphatic heterocycles. The van der Waals surface area contributed by atoms with Gasteiger partial charge in [-0.05, 0) is 55.4 Å². The van der Waals surface area contributed by atoms with E-state index in [0.717, 1.165) is 32.2 Å². The predicted octanol–water partition coefficient (Wildman–Crippen LogP) is 6.34. The minimum atomic E-state index is -0.136. The van der Waals surface area contributed by atoms with Crippen LogP contribution >= 0.6 is 0 Å². The van der Waals surface area contributed by atoms with E-state index in [0.29, 0.717) is 12.6 Å². The highest BCUT2D eigenvalue weighted by atomic mass is 16.5. The first-order valence-corrected chi connectivity index (χ1v) is 11.2. The molecule has 0 aromatic heterocycles. The smallest absolute Gasteiger partial charge is 0.0845 e. The summed E-state index contributed by atoms with van der Waals surface area (Å²) in [6.45, 7) is 8.47. The van der Waals surface area contributed by atoms with Gasteiger partial charge in [-0.1, -0.05) is 68.4 Å². The molecule has 0 bridgehead atoms. The fourth-order valence-corrected chi connectivity index (χ4v) is 5.53. The topological polar surface area (TPSA) is 12.5 Å². The number of ether oxygens (including phenoxy) is 1. The van der Waals surface area contributed by atoms with Crippen LogP contribution in [0.15, 0.2) is 72.5 Å². The van der Waals surface area contributed by atoms with Crippen molar-refractivity contribution in [2.45, 2.75) is 57.9 Å². The molecule has 0 N–H and O–H groups in total. The summed E-state index contributed by atoms with van der Waals surface area (Å²) >= 11 is 0. The molecule has 2 heteroatoms. The summed E-state index contributed by atoms with van der Waals surface area (Å²) < 4.78 is 5.76. The highest BCUT2D eigenvalue weighted by Gasteiger charge is 2.52. The van der Waals surface area contributed by atoms with E-state index in [1.54, 1.807) is 5.57 Å². The Labute approximate surface area is 175 Å². The summed E-state index contributed by atoms with van der Waals surface area (Å²) in [6.07, 6.45) is 8.78. The van der Waals surface area contributed by atoms with Crippen LogP contribution in [-0.4, -0.2) is 24.1 Å². The second kappa shape index (κ2) is 8.49. The summed E-state index contributed by atoms with van der Waals surface area (Å²) in [6, 6.07) is 20.5. The molecular formula is C27H33NO. The highest BCUT2D eigenvalue weighted by Crippen LogP contribution is 2.55. The number of benzene rings is 2. The van der Waals surface area contributed by atoms with Crippen molar-refractivity contribution in [3.05, 3.63) is 89.2 Å². The van der Waals surface area contributed by atoms with Gasteiger partial charge in [0.25, 0.3) is 0 Å². The number of nitrogens with zero attached hydrogens (tertiary/aromatic N) is 1. The average molecular weight is 388 g/mol. The lowest BCUT2D eigenvalue weighted by atomic mass is 9.67. The minimum absolute atomic E-state index is 0.136. The molecule has 29 heavy (non-hydrogen) atoms. The molecule has 2 aromatic rings. The molecule has 0 spiro atoms. The molecule has 0 amide bonds. The molecule has 0 saturated heterocycles. The van der Waals surface area contributed by atoms with Gasteiger partial charge in [0.1, 0.15) is 0 Å². The van der Waals surface area contributed by atoms with Crippen LogP contribution in [0.3, 0.4) is 0 Å². The fraction of sp³-hybridized carbons (Fsp3) is 0.407. The summed E-state index contributed by atoms with van der Waals surface area (Å²) in [5.41, 5.74) is 7.21. The van der Waals surface area contributed by atoms with E-state index in [9.17, 15) is 0 Å². The van der Waals surface area contributed by atoms with Crippen LogP contribution < -0.4 is 0 Å². The van der Waals surface area contributed by atoms with Crippen LogP contribution in [0, 0.1) is 0 Å². The van der Waals surface area contributed by atoms with E-state index in [4.69, 9.17) is 4.74 Å². The summed E-state index contributed by atoms with van der Waals surface area (Å²) in [5, 5.41) is 0. The molecule has 0 saturated carbocycles. The molecular weight excluding hydrogens is 354 g/mol. The van der Waals surface area contributed by atoms with Crippen LogP contribution in [-0.2, 0) is 16.6 Å². The summed E-state index contributed by atoms with van der Waals surface area (Å²) in [7, 11) is 0. The number of hydrogen-bond acceptors (Lipinski definition) is 2. The predicted molar refractivity (Wildman–Crippen MR) is 122 cm³/mol. The van der Waals surface area contributed by atoms with Crippen molar-refractivity contribution in [1.82, 2.24) is 4.90 Å². The van der Waals surface area contributed by atoms with Crippen LogP contribution in [0.4, 0.5) is 0 Å². The van der Waals surface area contributed by atoms with Gasteiger partial charge in [0.15, 0.2) is 0 Å². The van der Waals surface area contributed by atoms with Crippen molar-refractivity contribution in [2.24, 2.45) is 0 Å². The second-order valence-electron chi connectivity index (χ2n) is 8.09. The van der Waals surface area contributed by atoms with Crippen molar-refractivity contribution in [1.29, 1.82) is 0 Å². The van der Waals surface area contributed by atoms with Gasteiger partial charge >= 0.3 is 0 Å². The monoisotopic (exact) mass is 387 g/mol. The lowest BCUT2D eigenvalue weighted by Crippen LogP contribution is -2.43. The molecule has 0 fully saturated rings. The van der Waals surface area contributed by atoms with Gasteiger partial charge in [0.2, 0.25) is 0 Å². The van der Waals surface area contributed by atoms with Crippen LogP contribution in [0.1, 0.15) is 56.7 Å². The standard InChI is InChI=1S/C27H33NO/c1-4-19-28-25(5-2)27(18-20-29-6-3,22-13-8-7-9-14-22)24-17-16-21-12-10-11-15-23(21)26(24)28/h7-15,18,20,25H,4-6,16-17,19H2,1-3H3/b20-18+/t25-,27-/m1/s1. The highest BCUT2D eigenvalue weighted by molar-refractivity contribution is 5.79. The van der Waals surface area contributed by atoms with Gasteiger partial charge in [0, 0.05) is 23.8 Å². The van der Waals surface area contributed by atoms with Crippen LogP contribution in [0.5, 0.6) is 0 Å². The maximum absolute atomic E-state index is 5.76. The first-order chi connectivity index (χ1) is 14.3.